The van der Waals surface area contributed by atoms with Gasteiger partial charge in [-0.1, -0.05) is 16.1 Å². The Kier molecular flexibility index (Phi) is 3.38. The third kappa shape index (κ3) is 2.44. The molecular formula is C7H5BrClN3S2. The molecule has 0 spiro atoms. The second-order valence-electron chi connectivity index (χ2n) is 2.47. The van der Waals surface area contributed by atoms with Crippen LogP contribution in [0.5, 0.6) is 0 Å². The fourth-order valence-corrected chi connectivity index (χ4v) is 3.04. The highest BCUT2D eigenvalue weighted by Gasteiger charge is 2.04. The number of nitrogens with zero attached hydrogens (tertiary/aromatic N) is 2. The van der Waals surface area contributed by atoms with Gasteiger partial charge in [-0.25, -0.2) is 0 Å². The van der Waals surface area contributed by atoms with Gasteiger partial charge in [-0.2, -0.15) is 0 Å². The van der Waals surface area contributed by atoms with Crippen molar-refractivity contribution < 1.29 is 0 Å². The summed E-state index contributed by atoms with van der Waals surface area (Å²) in [6.45, 7) is 0.750. The van der Waals surface area contributed by atoms with Gasteiger partial charge in [-0.15, -0.1) is 16.4 Å². The molecule has 0 saturated carbocycles. The van der Waals surface area contributed by atoms with Crippen molar-refractivity contribution in [2.24, 2.45) is 0 Å². The van der Waals surface area contributed by atoms with Crippen LogP contribution in [0, 0.1) is 0 Å². The SMILES string of the molecule is Clc1sc(CNc2cnns2)cc1Br. The van der Waals surface area contributed by atoms with Gasteiger partial charge in [-0.05, 0) is 22.0 Å². The number of nitrogens with one attached hydrogen (secondary N) is 1. The zero-order valence-electron chi connectivity index (χ0n) is 6.83. The molecule has 2 aromatic rings. The molecule has 0 fully saturated rings. The lowest BCUT2D eigenvalue weighted by Gasteiger charge is -1.97. The van der Waals surface area contributed by atoms with Crippen molar-refractivity contribution in [1.82, 2.24) is 9.59 Å². The minimum Gasteiger partial charge on any atom is -0.369 e. The van der Waals surface area contributed by atoms with Gasteiger partial charge in [0.1, 0.15) is 9.34 Å². The van der Waals surface area contributed by atoms with E-state index in [2.05, 4.69) is 30.8 Å². The van der Waals surface area contributed by atoms with Crippen molar-refractivity contribution in [3.05, 3.63) is 25.9 Å². The summed E-state index contributed by atoms with van der Waals surface area (Å²) in [5.41, 5.74) is 0. The van der Waals surface area contributed by atoms with Gasteiger partial charge in [0.25, 0.3) is 0 Å². The maximum atomic E-state index is 5.91. The smallest absolute Gasteiger partial charge is 0.130 e. The topological polar surface area (TPSA) is 37.8 Å². The normalized spacial score (nSPS) is 10.4. The van der Waals surface area contributed by atoms with E-state index in [1.54, 1.807) is 17.5 Å². The summed E-state index contributed by atoms with van der Waals surface area (Å²) in [5, 5.41) is 7.90. The molecular weight excluding hydrogens is 306 g/mol. The summed E-state index contributed by atoms with van der Waals surface area (Å²) >= 11 is 12.2. The number of aromatic nitrogens is 2. The first kappa shape index (κ1) is 10.4. The van der Waals surface area contributed by atoms with Gasteiger partial charge in [0.05, 0.1) is 12.7 Å². The van der Waals surface area contributed by atoms with Crippen LogP contribution in [0.25, 0.3) is 0 Å². The molecule has 0 amide bonds. The third-order valence-electron chi connectivity index (χ3n) is 1.49. The molecule has 0 aliphatic rings. The molecule has 0 radical (unpaired) electrons. The number of rotatable bonds is 3. The number of hydrogen-bond donors (Lipinski definition) is 1. The summed E-state index contributed by atoms with van der Waals surface area (Å²) in [6.07, 6.45) is 1.70. The summed E-state index contributed by atoms with van der Waals surface area (Å²) in [5.74, 6) is 0. The van der Waals surface area contributed by atoms with Crippen LogP contribution < -0.4 is 5.32 Å². The lowest BCUT2D eigenvalue weighted by atomic mass is 10.5. The molecule has 2 heterocycles. The van der Waals surface area contributed by atoms with E-state index in [0.29, 0.717) is 0 Å². The van der Waals surface area contributed by atoms with Gasteiger partial charge in [0, 0.05) is 20.9 Å². The van der Waals surface area contributed by atoms with E-state index in [0.717, 1.165) is 20.4 Å². The van der Waals surface area contributed by atoms with Crippen molar-refractivity contribution in [2.75, 3.05) is 5.32 Å². The molecule has 3 nitrogen and oxygen atoms in total. The van der Waals surface area contributed by atoms with Crippen molar-refractivity contribution in [1.29, 1.82) is 0 Å². The van der Waals surface area contributed by atoms with Crippen LogP contribution in [0.1, 0.15) is 4.88 Å². The van der Waals surface area contributed by atoms with Gasteiger partial charge >= 0.3 is 0 Å². The molecule has 2 rings (SSSR count). The van der Waals surface area contributed by atoms with Gasteiger partial charge < -0.3 is 5.32 Å². The number of hydrogen-bond acceptors (Lipinski definition) is 5. The van der Waals surface area contributed by atoms with Crippen molar-refractivity contribution in [3.63, 3.8) is 0 Å². The maximum absolute atomic E-state index is 5.91. The second-order valence-corrected chi connectivity index (χ2v) is 5.85. The molecule has 0 saturated heterocycles. The van der Waals surface area contributed by atoms with Crippen molar-refractivity contribution in [2.45, 2.75) is 6.54 Å². The van der Waals surface area contributed by atoms with E-state index in [1.807, 2.05) is 6.07 Å². The molecule has 0 aliphatic carbocycles. The highest BCUT2D eigenvalue weighted by atomic mass is 79.9. The lowest BCUT2D eigenvalue weighted by Crippen LogP contribution is -1.94. The van der Waals surface area contributed by atoms with E-state index in [9.17, 15) is 0 Å². The molecule has 0 aliphatic heterocycles. The minimum absolute atomic E-state index is 0.750. The van der Waals surface area contributed by atoms with Gasteiger partial charge in [0.15, 0.2) is 0 Å². The molecule has 1 N–H and O–H groups in total. The highest BCUT2D eigenvalue weighted by Crippen LogP contribution is 2.32. The summed E-state index contributed by atoms with van der Waals surface area (Å²) in [4.78, 5) is 1.18. The molecule has 0 unspecified atom stereocenters. The van der Waals surface area contributed by atoms with E-state index < -0.39 is 0 Å². The van der Waals surface area contributed by atoms with Crippen LogP contribution in [0.4, 0.5) is 5.00 Å². The average Bonchev–Trinajstić information content (AvgIpc) is 2.74. The molecule has 14 heavy (non-hydrogen) atoms. The number of halogens is 2. The lowest BCUT2D eigenvalue weighted by molar-refractivity contribution is 1.14. The van der Waals surface area contributed by atoms with E-state index in [1.165, 1.54) is 16.4 Å². The molecule has 7 heteroatoms. The van der Waals surface area contributed by atoms with E-state index >= 15 is 0 Å². The summed E-state index contributed by atoms with van der Waals surface area (Å²) in [7, 11) is 0. The maximum Gasteiger partial charge on any atom is 0.130 e. The Morgan fingerprint density at radius 3 is 3.00 bits per heavy atom. The van der Waals surface area contributed by atoms with E-state index in [4.69, 9.17) is 11.6 Å². The van der Waals surface area contributed by atoms with Crippen molar-refractivity contribution >= 4 is 55.4 Å². The largest absolute Gasteiger partial charge is 0.369 e. The Morgan fingerprint density at radius 1 is 1.57 bits per heavy atom. The summed E-state index contributed by atoms with van der Waals surface area (Å²) in [6, 6.07) is 2.01. The Balaban J connectivity index is 1.98. The first-order chi connectivity index (χ1) is 6.75. The van der Waals surface area contributed by atoms with Gasteiger partial charge in [-0.3, -0.25) is 0 Å². The van der Waals surface area contributed by atoms with E-state index in [-0.39, 0.29) is 0 Å². The first-order valence-corrected chi connectivity index (χ1v) is 6.47. The molecule has 74 valence electrons. The monoisotopic (exact) mass is 309 g/mol. The first-order valence-electron chi connectivity index (χ1n) is 3.70. The fourth-order valence-electron chi connectivity index (χ4n) is 0.898. The molecule has 0 aromatic carbocycles. The standard InChI is InChI=1S/C7H5BrClN3S2/c8-5-1-4(13-7(5)9)2-10-6-3-11-12-14-6/h1,3,10H,2H2. The average molecular weight is 311 g/mol. The Hall–Kier alpha value is -0.170. The van der Waals surface area contributed by atoms with Crippen LogP contribution in [-0.2, 0) is 6.54 Å². The molecule has 0 bridgehead atoms. The second kappa shape index (κ2) is 4.57. The predicted octanol–water partition coefficient (Wildman–Crippen LogP) is 3.63. The van der Waals surface area contributed by atoms with Crippen LogP contribution >= 0.6 is 50.4 Å². The molecule has 0 atom stereocenters. The number of thiophene rings is 1. The van der Waals surface area contributed by atoms with Crippen LogP contribution in [0.3, 0.4) is 0 Å². The third-order valence-corrected chi connectivity index (χ3v) is 4.59. The quantitative estimate of drug-likeness (QED) is 0.941. The summed E-state index contributed by atoms with van der Waals surface area (Å²) < 4.78 is 5.48. The zero-order chi connectivity index (χ0) is 9.97. The predicted molar refractivity (Wildman–Crippen MR) is 64.3 cm³/mol. The fraction of sp³-hybridized carbons (Fsp3) is 0.143. The Bertz CT molecular complexity index is 395. The highest BCUT2D eigenvalue weighted by molar-refractivity contribution is 9.10. The Labute approximate surface area is 102 Å². The minimum atomic E-state index is 0.750. The van der Waals surface area contributed by atoms with Crippen LogP contribution in [0.15, 0.2) is 16.7 Å². The van der Waals surface area contributed by atoms with Gasteiger partial charge in [0.2, 0.25) is 0 Å². The van der Waals surface area contributed by atoms with Crippen LogP contribution in [-0.4, -0.2) is 9.59 Å². The Morgan fingerprint density at radius 2 is 2.43 bits per heavy atom. The zero-order valence-corrected chi connectivity index (χ0v) is 10.8. The number of anilines is 1. The van der Waals surface area contributed by atoms with Crippen LogP contribution in [0.2, 0.25) is 4.34 Å². The molecule has 2 aromatic heterocycles. The van der Waals surface area contributed by atoms with Crippen molar-refractivity contribution in [3.8, 4) is 0 Å².